The summed E-state index contributed by atoms with van der Waals surface area (Å²) in [7, 11) is 0. The zero-order valence-corrected chi connectivity index (χ0v) is 7.89. The number of nitrogens with zero attached hydrogens (tertiary/aromatic N) is 1. The van der Waals surface area contributed by atoms with Crippen LogP contribution in [-0.2, 0) is 0 Å². The van der Waals surface area contributed by atoms with E-state index in [1.807, 2.05) is 0 Å². The van der Waals surface area contributed by atoms with Crippen LogP contribution in [0.1, 0.15) is 12.8 Å². The summed E-state index contributed by atoms with van der Waals surface area (Å²) in [6.07, 6.45) is 1.50. The molecule has 0 bridgehead atoms. The molecule has 1 aliphatic rings. The molecule has 0 radical (unpaired) electrons. The maximum absolute atomic E-state index is 9.21. The highest BCUT2D eigenvalue weighted by molar-refractivity contribution is 4.74. The molecular formula is C9H19NO3. The van der Waals surface area contributed by atoms with Crippen molar-refractivity contribution in [3.05, 3.63) is 0 Å². The van der Waals surface area contributed by atoms with E-state index < -0.39 is 6.10 Å². The summed E-state index contributed by atoms with van der Waals surface area (Å²) < 4.78 is 0. The van der Waals surface area contributed by atoms with Crippen LogP contribution in [0.3, 0.4) is 0 Å². The van der Waals surface area contributed by atoms with Gasteiger partial charge in [-0.2, -0.15) is 0 Å². The van der Waals surface area contributed by atoms with Gasteiger partial charge in [-0.1, -0.05) is 0 Å². The Morgan fingerprint density at radius 2 is 2.15 bits per heavy atom. The molecule has 1 fully saturated rings. The first-order valence-electron chi connectivity index (χ1n) is 4.88. The summed E-state index contributed by atoms with van der Waals surface area (Å²) in [6.45, 7) is 2.38. The first-order chi connectivity index (χ1) is 6.26. The summed E-state index contributed by atoms with van der Waals surface area (Å²) >= 11 is 0. The second-order valence-corrected chi connectivity index (χ2v) is 3.79. The Hall–Kier alpha value is -0.160. The molecule has 3 N–H and O–H groups in total. The predicted octanol–water partition coefficient (Wildman–Crippen LogP) is -0.956. The fraction of sp³-hybridized carbons (Fsp3) is 1.00. The molecule has 1 rings (SSSR count). The van der Waals surface area contributed by atoms with Crippen LogP contribution >= 0.6 is 0 Å². The number of aliphatic hydroxyl groups is 3. The van der Waals surface area contributed by atoms with Gasteiger partial charge in [0.25, 0.3) is 0 Å². The number of β-amino-alcohol motifs (C(OH)–C–C–N with tert-alkyl or cyclic N) is 1. The molecule has 0 unspecified atom stereocenters. The topological polar surface area (TPSA) is 63.9 Å². The van der Waals surface area contributed by atoms with Crippen molar-refractivity contribution in [2.75, 3.05) is 32.8 Å². The first-order valence-corrected chi connectivity index (χ1v) is 4.88. The van der Waals surface area contributed by atoms with Crippen molar-refractivity contribution in [2.24, 2.45) is 5.92 Å². The van der Waals surface area contributed by atoms with E-state index in [2.05, 4.69) is 4.90 Å². The van der Waals surface area contributed by atoms with Gasteiger partial charge in [0.2, 0.25) is 0 Å². The third-order valence-electron chi connectivity index (χ3n) is 2.54. The van der Waals surface area contributed by atoms with E-state index in [1.165, 1.54) is 0 Å². The average Bonchev–Trinajstić information content (AvgIpc) is 2.18. The second-order valence-electron chi connectivity index (χ2n) is 3.79. The van der Waals surface area contributed by atoms with E-state index >= 15 is 0 Å². The van der Waals surface area contributed by atoms with Gasteiger partial charge in [-0.25, -0.2) is 0 Å². The number of aliphatic hydroxyl groups excluding tert-OH is 3. The Morgan fingerprint density at radius 1 is 1.38 bits per heavy atom. The fourth-order valence-electron chi connectivity index (χ4n) is 1.82. The lowest BCUT2D eigenvalue weighted by Crippen LogP contribution is -2.42. The Kier molecular flexibility index (Phi) is 4.66. The number of hydrogen-bond donors (Lipinski definition) is 3. The summed E-state index contributed by atoms with van der Waals surface area (Å²) in [5.74, 6) is 0.347. The molecule has 0 aromatic rings. The van der Waals surface area contributed by atoms with E-state index in [4.69, 9.17) is 10.2 Å². The van der Waals surface area contributed by atoms with Gasteiger partial charge in [-0.15, -0.1) is 0 Å². The number of rotatable bonds is 4. The van der Waals surface area contributed by atoms with Crippen LogP contribution in [0.2, 0.25) is 0 Å². The van der Waals surface area contributed by atoms with Crippen LogP contribution in [0.4, 0.5) is 0 Å². The molecule has 1 aliphatic heterocycles. The molecule has 0 aliphatic carbocycles. The van der Waals surface area contributed by atoms with Gasteiger partial charge in [0, 0.05) is 19.7 Å². The molecule has 0 aromatic carbocycles. The van der Waals surface area contributed by atoms with E-state index in [1.54, 1.807) is 0 Å². The number of hydrogen-bond acceptors (Lipinski definition) is 4. The number of likely N-dealkylation sites (tertiary alicyclic amines) is 1. The highest BCUT2D eigenvalue weighted by Crippen LogP contribution is 2.15. The van der Waals surface area contributed by atoms with Crippen molar-refractivity contribution in [2.45, 2.75) is 18.9 Å². The smallest absolute Gasteiger partial charge is 0.0897 e. The van der Waals surface area contributed by atoms with Gasteiger partial charge in [0.1, 0.15) is 0 Å². The van der Waals surface area contributed by atoms with Crippen molar-refractivity contribution in [1.82, 2.24) is 4.90 Å². The third-order valence-corrected chi connectivity index (χ3v) is 2.54. The van der Waals surface area contributed by atoms with Gasteiger partial charge < -0.3 is 20.2 Å². The highest BCUT2D eigenvalue weighted by Gasteiger charge is 2.20. The first kappa shape index (κ1) is 10.9. The zero-order chi connectivity index (χ0) is 9.68. The molecule has 0 spiro atoms. The lowest BCUT2D eigenvalue weighted by atomic mass is 9.99. The maximum atomic E-state index is 9.21. The monoisotopic (exact) mass is 189 g/mol. The van der Waals surface area contributed by atoms with Gasteiger partial charge in [0.15, 0.2) is 0 Å². The van der Waals surface area contributed by atoms with Crippen molar-refractivity contribution in [3.63, 3.8) is 0 Å². The van der Waals surface area contributed by atoms with Crippen LogP contribution < -0.4 is 0 Å². The maximum Gasteiger partial charge on any atom is 0.0897 e. The minimum absolute atomic E-state index is 0.180. The van der Waals surface area contributed by atoms with Crippen LogP contribution in [-0.4, -0.2) is 59.2 Å². The molecule has 4 nitrogen and oxygen atoms in total. The van der Waals surface area contributed by atoms with E-state index in [9.17, 15) is 5.11 Å². The molecule has 1 heterocycles. The molecule has 78 valence electrons. The van der Waals surface area contributed by atoms with Gasteiger partial charge in [-0.05, 0) is 25.3 Å². The molecule has 0 aromatic heterocycles. The van der Waals surface area contributed by atoms with Crippen molar-refractivity contribution < 1.29 is 15.3 Å². The lowest BCUT2D eigenvalue weighted by molar-refractivity contribution is 0.0369. The molecule has 13 heavy (non-hydrogen) atoms. The lowest BCUT2D eigenvalue weighted by Gasteiger charge is -2.32. The van der Waals surface area contributed by atoms with Gasteiger partial charge >= 0.3 is 0 Å². The summed E-state index contributed by atoms with van der Waals surface area (Å²) in [5.41, 5.74) is 0. The Balaban J connectivity index is 2.25. The average molecular weight is 189 g/mol. The highest BCUT2D eigenvalue weighted by atomic mass is 16.3. The van der Waals surface area contributed by atoms with Gasteiger partial charge in [0.05, 0.1) is 12.7 Å². The standard InChI is InChI=1S/C9H19NO3/c11-6-8-2-1-3-10(4-8)5-9(13)7-12/h8-9,11-13H,1-7H2/t8-,9-/m1/s1. The van der Waals surface area contributed by atoms with Crippen LogP contribution in [0, 0.1) is 5.92 Å². The van der Waals surface area contributed by atoms with Gasteiger partial charge in [-0.3, -0.25) is 0 Å². The normalized spacial score (nSPS) is 27.5. The molecule has 2 atom stereocenters. The minimum Gasteiger partial charge on any atom is -0.396 e. The Labute approximate surface area is 78.8 Å². The number of piperidine rings is 1. The van der Waals surface area contributed by atoms with Crippen molar-refractivity contribution >= 4 is 0 Å². The molecule has 4 heteroatoms. The van der Waals surface area contributed by atoms with E-state index in [0.717, 1.165) is 25.9 Å². The molecule has 0 saturated carbocycles. The molecule has 0 amide bonds. The predicted molar refractivity (Wildman–Crippen MR) is 49.3 cm³/mol. The molecular weight excluding hydrogens is 170 g/mol. The summed E-state index contributed by atoms with van der Waals surface area (Å²) in [5, 5.41) is 26.8. The SMILES string of the molecule is OC[C@H](O)CN1CCC[C@@H](CO)C1. The Bertz CT molecular complexity index is 141. The minimum atomic E-state index is -0.641. The van der Waals surface area contributed by atoms with Crippen LogP contribution in [0.5, 0.6) is 0 Å². The third kappa shape index (κ3) is 3.60. The second kappa shape index (κ2) is 5.54. The zero-order valence-electron chi connectivity index (χ0n) is 7.89. The molecule has 1 saturated heterocycles. The quantitative estimate of drug-likeness (QED) is 0.533. The largest absolute Gasteiger partial charge is 0.396 e. The Morgan fingerprint density at radius 3 is 2.77 bits per heavy atom. The van der Waals surface area contributed by atoms with E-state index in [0.29, 0.717) is 12.5 Å². The van der Waals surface area contributed by atoms with Crippen LogP contribution in [0.15, 0.2) is 0 Å². The summed E-state index contributed by atoms with van der Waals surface area (Å²) in [4.78, 5) is 2.10. The van der Waals surface area contributed by atoms with Crippen molar-refractivity contribution in [3.8, 4) is 0 Å². The summed E-state index contributed by atoms with van der Waals surface area (Å²) in [6, 6.07) is 0. The van der Waals surface area contributed by atoms with E-state index in [-0.39, 0.29) is 13.2 Å². The van der Waals surface area contributed by atoms with Crippen molar-refractivity contribution in [1.29, 1.82) is 0 Å². The fourth-order valence-corrected chi connectivity index (χ4v) is 1.82. The van der Waals surface area contributed by atoms with Crippen LogP contribution in [0.25, 0.3) is 0 Å².